The van der Waals surface area contributed by atoms with Gasteiger partial charge in [0.15, 0.2) is 0 Å². The minimum atomic E-state index is -0.852. The third-order valence-corrected chi connectivity index (χ3v) is 15.4. The van der Waals surface area contributed by atoms with Gasteiger partial charge in [-0.05, 0) is 83.5 Å². The molecule has 0 aromatic rings. The molecule has 3 N–H and O–H groups in total. The zero-order valence-electron chi connectivity index (χ0n) is 49.8. The molecular formula is C68H129NO5. The zero-order chi connectivity index (χ0) is 53.6. The molecule has 0 saturated carbocycles. The van der Waals surface area contributed by atoms with Crippen molar-refractivity contribution in [1.29, 1.82) is 0 Å². The molecule has 0 spiro atoms. The van der Waals surface area contributed by atoms with Gasteiger partial charge in [0.2, 0.25) is 5.91 Å². The summed E-state index contributed by atoms with van der Waals surface area (Å²) in [7, 11) is 0. The summed E-state index contributed by atoms with van der Waals surface area (Å²) in [5.41, 5.74) is 0. The van der Waals surface area contributed by atoms with Crippen molar-refractivity contribution in [3.05, 3.63) is 36.5 Å². The van der Waals surface area contributed by atoms with E-state index in [9.17, 15) is 19.8 Å². The highest BCUT2D eigenvalue weighted by Gasteiger charge is 2.18. The summed E-state index contributed by atoms with van der Waals surface area (Å²) in [6.07, 6.45) is 80.5. The van der Waals surface area contributed by atoms with Crippen molar-refractivity contribution in [3.8, 4) is 0 Å². The smallest absolute Gasteiger partial charge is 0.305 e. The van der Waals surface area contributed by atoms with Gasteiger partial charge in [-0.15, -0.1) is 0 Å². The van der Waals surface area contributed by atoms with Crippen LogP contribution in [0.1, 0.15) is 361 Å². The summed E-state index contributed by atoms with van der Waals surface area (Å²) in [5.74, 6) is -0.0753. The van der Waals surface area contributed by atoms with Crippen LogP contribution in [-0.4, -0.2) is 47.4 Å². The predicted molar refractivity (Wildman–Crippen MR) is 324 cm³/mol. The third kappa shape index (κ3) is 59.3. The Balaban J connectivity index is 3.46. The Labute approximate surface area is 462 Å². The summed E-state index contributed by atoms with van der Waals surface area (Å²) in [4.78, 5) is 24.6. The Hall–Kier alpha value is -1.92. The number of carbonyl (C=O) groups is 2. The Kier molecular flexibility index (Phi) is 62.0. The molecule has 0 aliphatic heterocycles. The van der Waals surface area contributed by atoms with Gasteiger partial charge in [0.1, 0.15) is 0 Å². The van der Waals surface area contributed by atoms with Gasteiger partial charge >= 0.3 is 5.97 Å². The number of aliphatic hydroxyl groups is 2. The molecule has 0 bridgehead atoms. The van der Waals surface area contributed by atoms with Crippen molar-refractivity contribution in [2.24, 2.45) is 0 Å². The fourth-order valence-corrected chi connectivity index (χ4v) is 10.3. The minimum absolute atomic E-state index is 0.00143. The van der Waals surface area contributed by atoms with Crippen molar-refractivity contribution >= 4 is 11.9 Å². The van der Waals surface area contributed by atoms with E-state index in [1.807, 2.05) is 6.08 Å². The van der Waals surface area contributed by atoms with Gasteiger partial charge in [-0.2, -0.15) is 0 Å². The summed E-state index contributed by atoms with van der Waals surface area (Å²) in [6.45, 7) is 4.91. The van der Waals surface area contributed by atoms with E-state index in [0.29, 0.717) is 19.4 Å². The largest absolute Gasteiger partial charge is 0.466 e. The van der Waals surface area contributed by atoms with Gasteiger partial charge in [-0.3, -0.25) is 9.59 Å². The number of hydrogen-bond donors (Lipinski definition) is 3. The number of rotatable bonds is 62. The lowest BCUT2D eigenvalue weighted by atomic mass is 10.0. The van der Waals surface area contributed by atoms with E-state index in [-0.39, 0.29) is 18.5 Å². The minimum Gasteiger partial charge on any atom is -0.466 e. The maximum Gasteiger partial charge on any atom is 0.305 e. The number of esters is 1. The van der Waals surface area contributed by atoms with Gasteiger partial charge < -0.3 is 20.3 Å². The fourth-order valence-electron chi connectivity index (χ4n) is 10.3. The zero-order valence-corrected chi connectivity index (χ0v) is 49.8. The molecule has 0 aromatic heterocycles. The lowest BCUT2D eigenvalue weighted by Gasteiger charge is -2.20. The number of nitrogens with one attached hydrogen (secondary N) is 1. The molecule has 436 valence electrons. The first-order valence-electron chi connectivity index (χ1n) is 33.3. The topological polar surface area (TPSA) is 95.9 Å². The van der Waals surface area contributed by atoms with Gasteiger partial charge in [0.25, 0.3) is 0 Å². The van der Waals surface area contributed by atoms with Crippen LogP contribution in [0.4, 0.5) is 0 Å². The van der Waals surface area contributed by atoms with Crippen LogP contribution in [0.25, 0.3) is 0 Å². The van der Waals surface area contributed by atoms with Gasteiger partial charge in [0, 0.05) is 12.8 Å². The second-order valence-corrected chi connectivity index (χ2v) is 22.8. The molecule has 0 aliphatic carbocycles. The number of unbranched alkanes of at least 4 members (excludes halogenated alkanes) is 47. The van der Waals surface area contributed by atoms with Crippen molar-refractivity contribution in [1.82, 2.24) is 5.32 Å². The highest BCUT2D eigenvalue weighted by atomic mass is 16.5. The molecule has 6 heteroatoms. The van der Waals surface area contributed by atoms with Crippen LogP contribution in [-0.2, 0) is 14.3 Å². The monoisotopic (exact) mass is 1040 g/mol. The molecule has 2 unspecified atom stereocenters. The summed E-state index contributed by atoms with van der Waals surface area (Å²) in [6, 6.07) is -0.636. The highest BCUT2D eigenvalue weighted by Crippen LogP contribution is 2.17. The molecule has 2 atom stereocenters. The van der Waals surface area contributed by atoms with Crippen molar-refractivity contribution in [2.75, 3.05) is 13.2 Å². The number of carbonyl (C=O) groups excluding carboxylic acids is 2. The number of hydrogen-bond acceptors (Lipinski definition) is 5. The average Bonchev–Trinajstić information content (AvgIpc) is 3.40. The maximum absolute atomic E-state index is 12.5. The Morgan fingerprint density at radius 3 is 0.959 bits per heavy atom. The second-order valence-electron chi connectivity index (χ2n) is 22.8. The fraction of sp³-hybridized carbons (Fsp3) is 0.882. The van der Waals surface area contributed by atoms with Crippen LogP contribution >= 0.6 is 0 Å². The number of allylic oxidation sites excluding steroid dienone is 5. The first kappa shape index (κ1) is 72.1. The van der Waals surface area contributed by atoms with Crippen LogP contribution in [0.3, 0.4) is 0 Å². The van der Waals surface area contributed by atoms with Gasteiger partial charge in [0.05, 0.1) is 25.4 Å². The van der Waals surface area contributed by atoms with E-state index in [1.54, 1.807) is 6.08 Å². The molecule has 0 saturated heterocycles. The first-order valence-corrected chi connectivity index (χ1v) is 33.3. The van der Waals surface area contributed by atoms with E-state index < -0.39 is 12.1 Å². The molecule has 0 aliphatic rings. The molecule has 0 heterocycles. The third-order valence-electron chi connectivity index (χ3n) is 15.4. The van der Waals surface area contributed by atoms with Crippen LogP contribution in [0.5, 0.6) is 0 Å². The van der Waals surface area contributed by atoms with Gasteiger partial charge in [-0.1, -0.05) is 301 Å². The standard InChI is InChI=1S/C68H129NO5/c1-3-5-7-9-11-13-15-17-19-21-22-23-26-29-32-36-40-44-48-52-56-60-66(71)65(64-70)69-67(72)61-57-53-49-45-41-37-33-30-27-24-25-28-31-35-39-43-47-51-55-59-63-74-68(73)62-58-54-50-46-42-38-34-20-18-16-14-12-10-8-6-4-2/h20,24,27,34,56,60,65-66,70-71H,3-19,21-23,25-26,28-33,35-55,57-59,61-64H2,1-2H3,(H,69,72)/b27-24-,34-20-,60-56+. The molecular weight excluding hydrogens is 911 g/mol. The predicted octanol–water partition coefficient (Wildman–Crippen LogP) is 21.1. The maximum atomic E-state index is 12.5. The molecule has 0 radical (unpaired) electrons. The quantitative estimate of drug-likeness (QED) is 0.0320. The van der Waals surface area contributed by atoms with Crippen molar-refractivity contribution in [3.63, 3.8) is 0 Å². The normalized spacial score (nSPS) is 12.8. The number of ether oxygens (including phenoxy) is 1. The second kappa shape index (κ2) is 63.6. The molecule has 74 heavy (non-hydrogen) atoms. The molecule has 1 amide bonds. The summed E-state index contributed by atoms with van der Waals surface area (Å²) >= 11 is 0. The average molecular weight is 1040 g/mol. The molecule has 0 aromatic carbocycles. The van der Waals surface area contributed by atoms with E-state index >= 15 is 0 Å². The Bertz CT molecular complexity index is 1200. The van der Waals surface area contributed by atoms with Crippen LogP contribution in [0, 0.1) is 0 Å². The molecule has 0 rings (SSSR count). The summed E-state index contributed by atoms with van der Waals surface area (Å²) in [5, 5.41) is 23.2. The van der Waals surface area contributed by atoms with E-state index in [2.05, 4.69) is 43.5 Å². The number of aliphatic hydroxyl groups excluding tert-OH is 2. The Morgan fingerprint density at radius 2 is 0.635 bits per heavy atom. The van der Waals surface area contributed by atoms with Gasteiger partial charge in [-0.25, -0.2) is 0 Å². The van der Waals surface area contributed by atoms with Crippen molar-refractivity contribution < 1.29 is 24.5 Å². The molecule has 6 nitrogen and oxygen atoms in total. The Morgan fingerprint density at radius 1 is 0.365 bits per heavy atom. The van der Waals surface area contributed by atoms with E-state index in [4.69, 9.17) is 4.74 Å². The highest BCUT2D eigenvalue weighted by molar-refractivity contribution is 5.76. The first-order chi connectivity index (χ1) is 36.5. The lowest BCUT2D eigenvalue weighted by Crippen LogP contribution is -2.45. The van der Waals surface area contributed by atoms with Crippen LogP contribution in [0.15, 0.2) is 36.5 Å². The number of amides is 1. The lowest BCUT2D eigenvalue weighted by molar-refractivity contribution is -0.143. The van der Waals surface area contributed by atoms with E-state index in [1.165, 1.54) is 283 Å². The SMILES string of the molecule is CCCCCCCCC/C=C\CCCCCCCC(=O)OCCCCCCCCCCC/C=C\CCCCCCCCCC(=O)NC(CO)C(O)/C=C/CCCCCCCCCCCCCCCCCCCCC. The van der Waals surface area contributed by atoms with E-state index in [0.717, 1.165) is 51.4 Å². The van der Waals surface area contributed by atoms with Crippen LogP contribution in [0.2, 0.25) is 0 Å². The summed E-state index contributed by atoms with van der Waals surface area (Å²) < 4.78 is 5.48. The van der Waals surface area contributed by atoms with Crippen LogP contribution < -0.4 is 5.32 Å². The molecule has 0 fully saturated rings. The van der Waals surface area contributed by atoms with Crippen molar-refractivity contribution in [2.45, 2.75) is 373 Å².